The first kappa shape index (κ1) is 15.7. The van der Waals surface area contributed by atoms with Gasteiger partial charge in [0.15, 0.2) is 0 Å². The molecule has 0 aliphatic heterocycles. The van der Waals surface area contributed by atoms with E-state index in [9.17, 15) is 9.59 Å². The van der Waals surface area contributed by atoms with E-state index < -0.39 is 22.2 Å². The first-order valence-electron chi connectivity index (χ1n) is 5.82. The summed E-state index contributed by atoms with van der Waals surface area (Å²) in [6, 6.07) is 5.44. The topological polar surface area (TPSA) is 63.6 Å². The van der Waals surface area contributed by atoms with Gasteiger partial charge < -0.3 is 9.84 Å². The van der Waals surface area contributed by atoms with Crippen LogP contribution in [0.15, 0.2) is 18.2 Å². The van der Waals surface area contributed by atoms with Crippen LogP contribution < -0.4 is 4.74 Å². The minimum atomic E-state index is -1.49. The minimum absolute atomic E-state index is 0.527. The normalized spacial score (nSPS) is 12.9. The minimum Gasteiger partial charge on any atom is -0.481 e. The maximum absolute atomic E-state index is 12.0. The second-order valence-electron chi connectivity index (χ2n) is 4.97. The number of ketones is 1. The average molecular weight is 329 g/mol. The van der Waals surface area contributed by atoms with Crippen molar-refractivity contribution in [3.63, 3.8) is 0 Å². The molecule has 4 nitrogen and oxygen atoms in total. The summed E-state index contributed by atoms with van der Waals surface area (Å²) in [6.45, 7) is 6.63. The van der Waals surface area contributed by atoms with Gasteiger partial charge in [0.25, 0.3) is 0 Å². The summed E-state index contributed by atoms with van der Waals surface area (Å²) in [5, 5.41) is 8.02. The van der Waals surface area contributed by atoms with E-state index in [1.54, 1.807) is 6.07 Å². The van der Waals surface area contributed by atoms with Crippen LogP contribution >= 0.6 is 15.9 Å². The van der Waals surface area contributed by atoms with E-state index in [4.69, 9.17) is 9.84 Å². The SMILES string of the molecule is Cc1ccc(OC(Br)C(=O)C(C)(C)C(=O)O)cc1C. The number of ether oxygens (including phenoxy) is 1. The Balaban J connectivity index is 2.85. The summed E-state index contributed by atoms with van der Waals surface area (Å²) >= 11 is 3.09. The third kappa shape index (κ3) is 3.56. The fourth-order valence-corrected chi connectivity index (χ4v) is 2.14. The van der Waals surface area contributed by atoms with Gasteiger partial charge >= 0.3 is 5.97 Å². The Kier molecular flexibility index (Phi) is 4.74. The molecule has 0 aromatic heterocycles. The molecule has 1 atom stereocenters. The van der Waals surface area contributed by atoms with Crippen LogP contribution in [0.25, 0.3) is 0 Å². The lowest BCUT2D eigenvalue weighted by atomic mass is 9.89. The maximum atomic E-state index is 12.0. The molecule has 0 aliphatic carbocycles. The molecule has 1 N–H and O–H groups in total. The lowest BCUT2D eigenvalue weighted by Crippen LogP contribution is -2.40. The number of carboxylic acids is 1. The number of alkyl halides is 1. The van der Waals surface area contributed by atoms with Gasteiger partial charge in [0.05, 0.1) is 0 Å². The number of Topliss-reactive ketones (excluding diaryl/α,β-unsaturated/α-hetero) is 1. The van der Waals surface area contributed by atoms with Gasteiger partial charge in [0, 0.05) is 0 Å². The molecule has 0 saturated carbocycles. The zero-order valence-electron chi connectivity index (χ0n) is 11.4. The van der Waals surface area contributed by atoms with Crippen molar-refractivity contribution < 1.29 is 19.4 Å². The number of aryl methyl sites for hydroxylation is 2. The molecule has 1 aromatic rings. The molecular weight excluding hydrogens is 312 g/mol. The van der Waals surface area contributed by atoms with Crippen LogP contribution in [0.3, 0.4) is 0 Å². The Morgan fingerprint density at radius 2 is 1.84 bits per heavy atom. The predicted octanol–water partition coefficient (Wildman–Crippen LogP) is 3.08. The van der Waals surface area contributed by atoms with Crippen LogP contribution in [0, 0.1) is 19.3 Å². The molecule has 0 bridgehead atoms. The molecule has 1 rings (SSSR count). The Morgan fingerprint density at radius 1 is 1.26 bits per heavy atom. The number of benzene rings is 1. The van der Waals surface area contributed by atoms with Crippen LogP contribution in [0.1, 0.15) is 25.0 Å². The third-order valence-electron chi connectivity index (χ3n) is 3.07. The van der Waals surface area contributed by atoms with E-state index in [0.717, 1.165) is 11.1 Å². The van der Waals surface area contributed by atoms with Crippen LogP contribution in [-0.2, 0) is 9.59 Å². The van der Waals surface area contributed by atoms with Crippen molar-refractivity contribution in [2.24, 2.45) is 5.41 Å². The number of carbonyl (C=O) groups excluding carboxylic acids is 1. The zero-order chi connectivity index (χ0) is 14.8. The zero-order valence-corrected chi connectivity index (χ0v) is 12.9. The van der Waals surface area contributed by atoms with Crippen molar-refractivity contribution >= 4 is 27.7 Å². The molecule has 0 heterocycles. The highest BCUT2D eigenvalue weighted by molar-refractivity contribution is 9.09. The molecule has 1 unspecified atom stereocenters. The Labute approximate surface area is 120 Å². The second-order valence-corrected chi connectivity index (χ2v) is 5.81. The van der Waals surface area contributed by atoms with Gasteiger partial charge in [-0.05, 0) is 66.9 Å². The van der Waals surface area contributed by atoms with Crippen molar-refractivity contribution in [2.75, 3.05) is 0 Å². The van der Waals surface area contributed by atoms with Crippen molar-refractivity contribution in [3.05, 3.63) is 29.3 Å². The number of hydrogen-bond acceptors (Lipinski definition) is 3. The van der Waals surface area contributed by atoms with Gasteiger partial charge in [-0.2, -0.15) is 0 Å². The standard InChI is InChI=1S/C14H17BrO4/c1-8-5-6-10(7-9(8)2)19-12(15)11(16)14(3,4)13(17)18/h5-7,12H,1-4H3,(H,17,18). The molecular formula is C14H17BrO4. The fourth-order valence-electron chi connectivity index (χ4n) is 1.35. The van der Waals surface area contributed by atoms with Gasteiger partial charge in [-0.3, -0.25) is 9.59 Å². The van der Waals surface area contributed by atoms with Crippen molar-refractivity contribution in [2.45, 2.75) is 32.7 Å². The smallest absolute Gasteiger partial charge is 0.316 e. The van der Waals surface area contributed by atoms with Crippen LogP contribution in [0.5, 0.6) is 5.75 Å². The highest BCUT2D eigenvalue weighted by Gasteiger charge is 2.40. The van der Waals surface area contributed by atoms with Gasteiger partial charge in [-0.1, -0.05) is 6.07 Å². The monoisotopic (exact) mass is 328 g/mol. The van der Waals surface area contributed by atoms with E-state index in [-0.39, 0.29) is 0 Å². The Bertz CT molecular complexity index is 508. The molecule has 5 heteroatoms. The fraction of sp³-hybridized carbons (Fsp3) is 0.429. The summed E-state index contributed by atoms with van der Waals surface area (Å²) < 4.78 is 5.45. The van der Waals surface area contributed by atoms with E-state index in [0.29, 0.717) is 5.75 Å². The molecule has 0 aliphatic rings. The predicted molar refractivity (Wildman–Crippen MR) is 75.7 cm³/mol. The molecule has 0 radical (unpaired) electrons. The largest absolute Gasteiger partial charge is 0.481 e. The highest BCUT2D eigenvalue weighted by atomic mass is 79.9. The Morgan fingerprint density at radius 3 is 2.32 bits per heavy atom. The molecule has 104 valence electrons. The van der Waals surface area contributed by atoms with Crippen molar-refractivity contribution in [3.8, 4) is 5.75 Å². The molecule has 0 fully saturated rings. The average Bonchev–Trinajstić information content (AvgIpc) is 2.32. The summed E-state index contributed by atoms with van der Waals surface area (Å²) in [5.41, 5.74) is 0.672. The molecule has 1 aromatic carbocycles. The van der Waals surface area contributed by atoms with Gasteiger partial charge in [-0.15, -0.1) is 0 Å². The van der Waals surface area contributed by atoms with Crippen molar-refractivity contribution in [1.29, 1.82) is 0 Å². The van der Waals surface area contributed by atoms with E-state index in [1.165, 1.54) is 13.8 Å². The van der Waals surface area contributed by atoms with Gasteiger partial charge in [0.1, 0.15) is 11.2 Å². The molecule has 0 amide bonds. The Hall–Kier alpha value is -1.36. The number of aliphatic carboxylic acids is 1. The lowest BCUT2D eigenvalue weighted by molar-refractivity contribution is -0.153. The summed E-state index contributed by atoms with van der Waals surface area (Å²) in [6.07, 6.45) is 0. The molecule has 0 spiro atoms. The van der Waals surface area contributed by atoms with Crippen LogP contribution in [0.2, 0.25) is 0 Å². The van der Waals surface area contributed by atoms with Gasteiger partial charge in [-0.25, -0.2) is 0 Å². The third-order valence-corrected chi connectivity index (χ3v) is 3.68. The molecule has 19 heavy (non-hydrogen) atoms. The lowest BCUT2D eigenvalue weighted by Gasteiger charge is -2.21. The first-order chi connectivity index (χ1) is 8.66. The number of hydrogen-bond donors (Lipinski definition) is 1. The second kappa shape index (κ2) is 5.74. The van der Waals surface area contributed by atoms with Gasteiger partial charge in [0.2, 0.25) is 10.8 Å². The number of halogens is 1. The first-order valence-corrected chi connectivity index (χ1v) is 6.73. The van der Waals surface area contributed by atoms with E-state index in [1.807, 2.05) is 26.0 Å². The summed E-state index contributed by atoms with van der Waals surface area (Å²) in [7, 11) is 0. The number of rotatable bonds is 5. The molecule has 0 saturated heterocycles. The maximum Gasteiger partial charge on any atom is 0.316 e. The highest BCUT2D eigenvalue weighted by Crippen LogP contribution is 2.25. The van der Waals surface area contributed by atoms with Crippen LogP contribution in [-0.4, -0.2) is 21.9 Å². The summed E-state index contributed by atoms with van der Waals surface area (Å²) in [5.74, 6) is -1.18. The number of carbonyl (C=O) groups is 2. The van der Waals surface area contributed by atoms with E-state index in [2.05, 4.69) is 15.9 Å². The quantitative estimate of drug-likeness (QED) is 0.666. The van der Waals surface area contributed by atoms with Crippen LogP contribution in [0.4, 0.5) is 0 Å². The summed E-state index contributed by atoms with van der Waals surface area (Å²) in [4.78, 5) is 23.0. The number of carboxylic acid groups (broad SMARTS) is 1. The van der Waals surface area contributed by atoms with Crippen molar-refractivity contribution in [1.82, 2.24) is 0 Å². The van der Waals surface area contributed by atoms with E-state index >= 15 is 0 Å².